The van der Waals surface area contributed by atoms with Crippen LogP contribution in [0.1, 0.15) is 37.3 Å². The first-order valence-electron chi connectivity index (χ1n) is 6.22. The van der Waals surface area contributed by atoms with Crippen molar-refractivity contribution in [2.24, 2.45) is 5.73 Å². The summed E-state index contributed by atoms with van der Waals surface area (Å²) in [7, 11) is 0. The number of aryl methyl sites for hydroxylation is 1. The van der Waals surface area contributed by atoms with Crippen molar-refractivity contribution in [3.05, 3.63) is 29.3 Å². The molecule has 2 heteroatoms. The molecule has 0 spiro atoms. The van der Waals surface area contributed by atoms with Crippen molar-refractivity contribution in [1.82, 2.24) is 0 Å². The van der Waals surface area contributed by atoms with Crippen LogP contribution in [-0.2, 0) is 12.8 Å². The minimum absolute atomic E-state index is 0.195. The monoisotopic (exact) mass is 233 g/mol. The van der Waals surface area contributed by atoms with Gasteiger partial charge in [-0.05, 0) is 49.3 Å². The summed E-state index contributed by atoms with van der Waals surface area (Å²) in [5, 5.41) is 0.759. The maximum atomic E-state index is 6.13. The summed E-state index contributed by atoms with van der Waals surface area (Å²) in [6, 6.07) is 6.99. The lowest BCUT2D eigenvalue weighted by molar-refractivity contribution is 0.609. The Labute approximate surface area is 102 Å². The second kappa shape index (κ2) is 3.78. The number of thioether (sulfide) groups is 1. The van der Waals surface area contributed by atoms with Crippen molar-refractivity contribution >= 4 is 11.8 Å². The third-order valence-electron chi connectivity index (χ3n) is 3.76. The summed E-state index contributed by atoms with van der Waals surface area (Å²) >= 11 is 2.01. The maximum absolute atomic E-state index is 6.13. The van der Waals surface area contributed by atoms with Crippen LogP contribution < -0.4 is 5.73 Å². The number of hydrogen-bond donors (Lipinski definition) is 1. The molecule has 1 saturated carbocycles. The van der Waals surface area contributed by atoms with Gasteiger partial charge in [-0.25, -0.2) is 0 Å². The van der Waals surface area contributed by atoms with Crippen molar-refractivity contribution in [2.45, 2.75) is 54.7 Å². The van der Waals surface area contributed by atoms with Gasteiger partial charge in [-0.15, -0.1) is 11.8 Å². The lowest BCUT2D eigenvalue weighted by Crippen LogP contribution is -2.22. The highest BCUT2D eigenvalue weighted by atomic mass is 32.2. The van der Waals surface area contributed by atoms with Gasteiger partial charge in [-0.3, -0.25) is 0 Å². The third kappa shape index (κ3) is 2.14. The first-order valence-corrected chi connectivity index (χ1v) is 7.10. The quantitative estimate of drug-likeness (QED) is 0.868. The fourth-order valence-corrected chi connectivity index (χ4v) is 3.57. The topological polar surface area (TPSA) is 26.0 Å². The number of nitrogens with two attached hydrogens (primary N) is 1. The van der Waals surface area contributed by atoms with Crippen molar-refractivity contribution in [2.75, 3.05) is 0 Å². The molecule has 86 valence electrons. The van der Waals surface area contributed by atoms with Crippen molar-refractivity contribution in [1.29, 1.82) is 0 Å². The van der Waals surface area contributed by atoms with Crippen molar-refractivity contribution in [3.63, 3.8) is 0 Å². The van der Waals surface area contributed by atoms with Gasteiger partial charge in [-0.1, -0.05) is 19.1 Å². The van der Waals surface area contributed by atoms with Crippen LogP contribution in [0.3, 0.4) is 0 Å². The number of benzene rings is 1. The van der Waals surface area contributed by atoms with Crippen LogP contribution >= 0.6 is 11.8 Å². The first kappa shape index (κ1) is 10.7. The summed E-state index contributed by atoms with van der Waals surface area (Å²) in [5.74, 6) is 0. The van der Waals surface area contributed by atoms with E-state index in [4.69, 9.17) is 5.73 Å². The van der Waals surface area contributed by atoms with Gasteiger partial charge in [0.05, 0.1) is 0 Å². The third-order valence-corrected chi connectivity index (χ3v) is 4.99. The Balaban J connectivity index is 1.70. The largest absolute Gasteiger partial charge is 0.325 e. The predicted molar refractivity (Wildman–Crippen MR) is 69.9 cm³/mol. The van der Waals surface area contributed by atoms with E-state index in [-0.39, 0.29) is 5.54 Å². The zero-order valence-corrected chi connectivity index (χ0v) is 10.6. The van der Waals surface area contributed by atoms with Crippen LogP contribution in [0, 0.1) is 0 Å². The molecule has 1 fully saturated rings. The molecule has 1 unspecified atom stereocenters. The second-order valence-corrected chi connectivity index (χ2v) is 6.92. The van der Waals surface area contributed by atoms with E-state index < -0.39 is 0 Å². The van der Waals surface area contributed by atoms with E-state index >= 15 is 0 Å². The number of fused-ring (bicyclic) bond motifs is 1. The Hall–Kier alpha value is -0.470. The smallest absolute Gasteiger partial charge is 0.0158 e. The van der Waals surface area contributed by atoms with Gasteiger partial charge in [0.15, 0.2) is 0 Å². The molecule has 0 radical (unpaired) electrons. The molecule has 1 heterocycles. The van der Waals surface area contributed by atoms with E-state index in [0.717, 1.165) is 18.1 Å². The van der Waals surface area contributed by atoms with Gasteiger partial charge >= 0.3 is 0 Å². The van der Waals surface area contributed by atoms with Crippen molar-refractivity contribution in [3.8, 4) is 0 Å². The molecule has 1 atom stereocenters. The number of rotatable bonds is 3. The van der Waals surface area contributed by atoms with Crippen LogP contribution in [0.15, 0.2) is 23.1 Å². The van der Waals surface area contributed by atoms with Crippen LogP contribution in [0.5, 0.6) is 0 Å². The Morgan fingerprint density at radius 1 is 1.44 bits per heavy atom. The Bertz CT molecular complexity index is 409. The minimum atomic E-state index is 0.195. The summed E-state index contributed by atoms with van der Waals surface area (Å²) in [6.07, 6.45) is 6.01. The lowest BCUT2D eigenvalue weighted by atomic mass is 10.0. The average molecular weight is 233 g/mol. The average Bonchev–Trinajstić information content (AvgIpc) is 2.87. The molecule has 0 aromatic heterocycles. The maximum Gasteiger partial charge on any atom is 0.0158 e. The zero-order chi connectivity index (χ0) is 11.2. The molecular weight excluding hydrogens is 214 g/mol. The van der Waals surface area contributed by atoms with E-state index in [1.165, 1.54) is 29.7 Å². The summed E-state index contributed by atoms with van der Waals surface area (Å²) in [4.78, 5) is 1.49. The van der Waals surface area contributed by atoms with Crippen LogP contribution in [0.2, 0.25) is 0 Å². The Kier molecular flexibility index (Phi) is 2.52. The molecule has 1 nitrogen and oxygen atoms in total. The Morgan fingerprint density at radius 3 is 3.00 bits per heavy atom. The molecule has 16 heavy (non-hydrogen) atoms. The molecular formula is C14H19NS. The van der Waals surface area contributed by atoms with E-state index in [1.807, 2.05) is 11.8 Å². The molecule has 2 N–H and O–H groups in total. The molecule has 2 aliphatic rings. The van der Waals surface area contributed by atoms with Gasteiger partial charge in [0.1, 0.15) is 0 Å². The molecule has 0 bridgehead atoms. The predicted octanol–water partition coefficient (Wildman–Crippen LogP) is 3.15. The van der Waals surface area contributed by atoms with Gasteiger partial charge in [0.2, 0.25) is 0 Å². The summed E-state index contributed by atoms with van der Waals surface area (Å²) < 4.78 is 0. The molecule has 0 amide bonds. The van der Waals surface area contributed by atoms with Crippen molar-refractivity contribution < 1.29 is 0 Å². The van der Waals surface area contributed by atoms with Gasteiger partial charge < -0.3 is 5.73 Å². The Morgan fingerprint density at radius 2 is 2.25 bits per heavy atom. The SMILES string of the molecule is CC1Cc2cc(CCC3(N)CC3)ccc2S1. The lowest BCUT2D eigenvalue weighted by Gasteiger charge is -2.09. The molecule has 1 aliphatic heterocycles. The minimum Gasteiger partial charge on any atom is -0.325 e. The highest BCUT2D eigenvalue weighted by molar-refractivity contribution is 8.00. The second-order valence-electron chi connectivity index (χ2n) is 5.44. The van der Waals surface area contributed by atoms with Crippen LogP contribution in [0.4, 0.5) is 0 Å². The van der Waals surface area contributed by atoms with Gasteiger partial charge in [0, 0.05) is 15.7 Å². The van der Waals surface area contributed by atoms with Crippen LogP contribution in [-0.4, -0.2) is 10.8 Å². The first-order chi connectivity index (χ1) is 7.65. The molecule has 0 saturated heterocycles. The molecule has 1 aromatic carbocycles. The highest BCUT2D eigenvalue weighted by Crippen LogP contribution is 2.39. The highest BCUT2D eigenvalue weighted by Gasteiger charge is 2.37. The van der Waals surface area contributed by atoms with E-state index in [1.54, 1.807) is 5.56 Å². The number of hydrogen-bond acceptors (Lipinski definition) is 2. The fourth-order valence-electron chi connectivity index (χ4n) is 2.43. The fraction of sp³-hybridized carbons (Fsp3) is 0.571. The standard InChI is InChI=1S/C14H19NS/c1-10-8-12-9-11(2-3-13(12)16-10)4-5-14(15)6-7-14/h2-3,9-10H,4-8,15H2,1H3. The van der Waals surface area contributed by atoms with E-state index in [9.17, 15) is 0 Å². The van der Waals surface area contributed by atoms with Gasteiger partial charge in [0.25, 0.3) is 0 Å². The van der Waals surface area contributed by atoms with Crippen LogP contribution in [0.25, 0.3) is 0 Å². The molecule has 1 aromatic rings. The summed E-state index contributed by atoms with van der Waals surface area (Å²) in [6.45, 7) is 2.31. The molecule has 1 aliphatic carbocycles. The normalized spacial score (nSPS) is 25.5. The van der Waals surface area contributed by atoms with E-state index in [2.05, 4.69) is 25.1 Å². The van der Waals surface area contributed by atoms with Gasteiger partial charge in [-0.2, -0.15) is 0 Å². The summed E-state index contributed by atoms with van der Waals surface area (Å²) in [5.41, 5.74) is 9.35. The van der Waals surface area contributed by atoms with E-state index in [0.29, 0.717) is 0 Å². The zero-order valence-electron chi connectivity index (χ0n) is 9.83. The molecule has 3 rings (SSSR count).